The van der Waals surface area contributed by atoms with Crippen molar-refractivity contribution in [2.24, 2.45) is 0 Å². The van der Waals surface area contributed by atoms with Gasteiger partial charge in [0.2, 0.25) is 5.95 Å². The first-order chi connectivity index (χ1) is 17.2. The summed E-state index contributed by atoms with van der Waals surface area (Å²) in [6.07, 6.45) is 3.61. The Balaban J connectivity index is 1.42. The zero-order valence-corrected chi connectivity index (χ0v) is 21.5. The largest absolute Gasteiger partial charge is 0.364 e. The predicted octanol–water partition coefficient (Wildman–Crippen LogP) is 3.76. The molecule has 11 heteroatoms. The van der Waals surface area contributed by atoms with Crippen molar-refractivity contribution in [2.45, 2.75) is 51.7 Å². The number of nitrogens with one attached hydrogen (secondary N) is 2. The van der Waals surface area contributed by atoms with E-state index in [-0.39, 0.29) is 11.5 Å². The van der Waals surface area contributed by atoms with Crippen molar-refractivity contribution in [3.63, 3.8) is 0 Å². The summed E-state index contributed by atoms with van der Waals surface area (Å²) in [6, 6.07) is 8.23. The van der Waals surface area contributed by atoms with Crippen molar-refractivity contribution < 1.29 is 0 Å². The lowest BCUT2D eigenvalue weighted by molar-refractivity contribution is 0.0591. The number of hydrogen-bond donors (Lipinski definition) is 2. The van der Waals surface area contributed by atoms with Gasteiger partial charge in [0.1, 0.15) is 6.07 Å². The molecule has 2 fully saturated rings. The molecular formula is C25H29ClN10. The van der Waals surface area contributed by atoms with Crippen molar-refractivity contribution in [3.05, 3.63) is 40.2 Å². The van der Waals surface area contributed by atoms with Crippen LogP contribution < -0.4 is 10.6 Å². The Morgan fingerprint density at radius 3 is 2.50 bits per heavy atom. The van der Waals surface area contributed by atoms with Gasteiger partial charge in [-0.15, -0.1) is 5.10 Å². The first-order valence-corrected chi connectivity index (χ1v) is 12.5. The molecule has 2 aromatic heterocycles. The summed E-state index contributed by atoms with van der Waals surface area (Å²) in [6.45, 7) is 11.2. The van der Waals surface area contributed by atoms with Crippen LogP contribution in [0.5, 0.6) is 0 Å². The molecule has 0 spiro atoms. The summed E-state index contributed by atoms with van der Waals surface area (Å²) in [5, 5.41) is 30.7. The first-order valence-electron chi connectivity index (χ1n) is 12.1. The smallest absolute Gasteiger partial charge is 0.247 e. The Kier molecular flexibility index (Phi) is 6.44. The Bertz CT molecular complexity index is 1360. The molecule has 0 amide bonds. The van der Waals surface area contributed by atoms with Crippen molar-refractivity contribution in [3.8, 4) is 12.1 Å². The SMILES string of the molecule is CC(C)(C)N1CCN(Cc2cc(C#N)cc(Nc3nc(NC4CC4)c4ncc(C#N)n4n3)c2Cl)CC1. The number of hydrogen-bond acceptors (Lipinski definition) is 9. The van der Waals surface area contributed by atoms with Gasteiger partial charge in [-0.05, 0) is 51.3 Å². The molecule has 3 heterocycles. The van der Waals surface area contributed by atoms with Gasteiger partial charge >= 0.3 is 0 Å². The summed E-state index contributed by atoms with van der Waals surface area (Å²) in [4.78, 5) is 13.8. The number of nitrogens with zero attached hydrogens (tertiary/aromatic N) is 8. The first kappa shape index (κ1) is 24.3. The molecule has 186 valence electrons. The average molecular weight is 505 g/mol. The Morgan fingerprint density at radius 2 is 1.86 bits per heavy atom. The van der Waals surface area contributed by atoms with E-state index in [0.29, 0.717) is 46.0 Å². The highest BCUT2D eigenvalue weighted by atomic mass is 35.5. The van der Waals surface area contributed by atoms with Crippen LogP contribution >= 0.6 is 11.6 Å². The molecule has 5 rings (SSSR count). The van der Waals surface area contributed by atoms with Gasteiger partial charge in [0.15, 0.2) is 17.2 Å². The number of piperazine rings is 1. The molecule has 1 aliphatic carbocycles. The van der Waals surface area contributed by atoms with Crippen molar-refractivity contribution in [1.29, 1.82) is 10.5 Å². The summed E-state index contributed by atoms with van der Waals surface area (Å²) < 4.78 is 1.47. The number of rotatable bonds is 6. The molecule has 3 aromatic rings. The van der Waals surface area contributed by atoms with E-state index in [4.69, 9.17) is 11.6 Å². The zero-order chi connectivity index (χ0) is 25.4. The second kappa shape index (κ2) is 9.55. The fourth-order valence-electron chi connectivity index (χ4n) is 4.42. The minimum Gasteiger partial charge on any atom is -0.364 e. The highest BCUT2D eigenvalue weighted by Crippen LogP contribution is 2.32. The second-order valence-electron chi connectivity index (χ2n) is 10.4. The molecule has 1 aromatic carbocycles. The van der Waals surface area contributed by atoms with E-state index in [1.165, 1.54) is 10.7 Å². The van der Waals surface area contributed by atoms with Crippen LogP contribution in [0.2, 0.25) is 5.02 Å². The van der Waals surface area contributed by atoms with E-state index in [1.807, 2.05) is 6.07 Å². The second-order valence-corrected chi connectivity index (χ2v) is 10.7. The molecule has 1 saturated heterocycles. The third kappa shape index (κ3) is 5.07. The van der Waals surface area contributed by atoms with Gasteiger partial charge in [-0.3, -0.25) is 9.80 Å². The predicted molar refractivity (Wildman–Crippen MR) is 138 cm³/mol. The van der Waals surface area contributed by atoms with Gasteiger partial charge in [-0.25, -0.2) is 4.98 Å². The Labute approximate surface area is 215 Å². The monoisotopic (exact) mass is 504 g/mol. The lowest BCUT2D eigenvalue weighted by Gasteiger charge is -2.42. The van der Waals surface area contributed by atoms with E-state index >= 15 is 0 Å². The van der Waals surface area contributed by atoms with Gasteiger partial charge in [0.25, 0.3) is 0 Å². The minimum atomic E-state index is 0.149. The van der Waals surface area contributed by atoms with Crippen LogP contribution in [0.25, 0.3) is 5.65 Å². The summed E-state index contributed by atoms with van der Waals surface area (Å²) in [5.74, 6) is 0.822. The van der Waals surface area contributed by atoms with Gasteiger partial charge in [0.05, 0.1) is 28.5 Å². The summed E-state index contributed by atoms with van der Waals surface area (Å²) in [7, 11) is 0. The zero-order valence-electron chi connectivity index (χ0n) is 20.7. The summed E-state index contributed by atoms with van der Waals surface area (Å²) in [5.41, 5.74) is 2.88. The molecule has 1 saturated carbocycles. The molecule has 2 N–H and O–H groups in total. The number of anilines is 3. The normalized spacial score (nSPS) is 17.1. The molecule has 2 aliphatic rings. The molecule has 0 unspecified atom stereocenters. The highest BCUT2D eigenvalue weighted by Gasteiger charge is 2.27. The van der Waals surface area contributed by atoms with Gasteiger partial charge in [-0.2, -0.15) is 20.0 Å². The van der Waals surface area contributed by atoms with Crippen LogP contribution in [-0.4, -0.2) is 67.1 Å². The maximum Gasteiger partial charge on any atom is 0.247 e. The van der Waals surface area contributed by atoms with Crippen LogP contribution in [0.3, 0.4) is 0 Å². The van der Waals surface area contributed by atoms with Crippen molar-refractivity contribution in [1.82, 2.24) is 29.4 Å². The van der Waals surface area contributed by atoms with E-state index in [9.17, 15) is 10.5 Å². The molecule has 0 radical (unpaired) electrons. The number of imidazole rings is 1. The molecule has 0 bridgehead atoms. The number of aromatic nitrogens is 4. The fraction of sp³-hybridized carbons (Fsp3) is 0.480. The lowest BCUT2D eigenvalue weighted by Crippen LogP contribution is -2.53. The van der Waals surface area contributed by atoms with E-state index in [2.05, 4.69) is 68.4 Å². The highest BCUT2D eigenvalue weighted by molar-refractivity contribution is 6.34. The molecule has 10 nitrogen and oxygen atoms in total. The number of benzene rings is 1. The van der Waals surface area contributed by atoms with Gasteiger partial charge < -0.3 is 10.6 Å². The Hall–Kier alpha value is -3.44. The number of fused-ring (bicyclic) bond motifs is 1. The minimum absolute atomic E-state index is 0.149. The van der Waals surface area contributed by atoms with Crippen LogP contribution in [0, 0.1) is 22.7 Å². The lowest BCUT2D eigenvalue weighted by atomic mass is 10.0. The Morgan fingerprint density at radius 1 is 1.11 bits per heavy atom. The average Bonchev–Trinajstić information content (AvgIpc) is 3.57. The summed E-state index contributed by atoms with van der Waals surface area (Å²) >= 11 is 6.85. The number of nitriles is 2. The van der Waals surface area contributed by atoms with Crippen LogP contribution in [0.1, 0.15) is 50.4 Å². The van der Waals surface area contributed by atoms with Crippen molar-refractivity contribution >= 4 is 34.7 Å². The third-order valence-electron chi connectivity index (χ3n) is 6.63. The topological polar surface area (TPSA) is 121 Å². The van der Waals surface area contributed by atoms with Crippen LogP contribution in [0.15, 0.2) is 18.3 Å². The van der Waals surface area contributed by atoms with E-state index < -0.39 is 0 Å². The van der Waals surface area contributed by atoms with Crippen molar-refractivity contribution in [2.75, 3.05) is 36.8 Å². The van der Waals surface area contributed by atoms with Gasteiger partial charge in [0, 0.05) is 44.3 Å². The van der Waals surface area contributed by atoms with E-state index in [0.717, 1.165) is 44.6 Å². The van der Waals surface area contributed by atoms with E-state index in [1.54, 1.807) is 6.07 Å². The standard InChI is InChI=1S/C25H29ClN10/c1-25(2,3)35-8-6-34(7-9-35)15-17-10-16(12-27)11-20(21(17)26)31-24-32-22(30-18-4-5-18)23-29-14-19(13-28)36(23)33-24/h10-11,14,18H,4-9,15H2,1-3H3,(H2,30,31,32,33). The number of halogens is 1. The third-order valence-corrected chi connectivity index (χ3v) is 7.08. The molecule has 0 atom stereocenters. The molecule has 36 heavy (non-hydrogen) atoms. The van der Waals surface area contributed by atoms with Gasteiger partial charge in [-0.1, -0.05) is 11.6 Å². The molecule has 1 aliphatic heterocycles. The fourth-order valence-corrected chi connectivity index (χ4v) is 4.64. The maximum atomic E-state index is 9.67. The van der Waals surface area contributed by atoms with Crippen LogP contribution in [-0.2, 0) is 6.54 Å². The maximum absolute atomic E-state index is 9.67. The molecular weight excluding hydrogens is 476 g/mol. The quantitative estimate of drug-likeness (QED) is 0.516. The van der Waals surface area contributed by atoms with Crippen LogP contribution in [0.4, 0.5) is 17.5 Å².